The van der Waals surface area contributed by atoms with Crippen molar-refractivity contribution in [3.8, 4) is 22.9 Å². The second-order valence-electron chi connectivity index (χ2n) is 9.11. The Kier molecular flexibility index (Phi) is 8.30. The number of benzene rings is 3. The summed E-state index contributed by atoms with van der Waals surface area (Å²) in [5.41, 5.74) is 4.36. The smallest absolute Gasteiger partial charge is 0.325 e. The van der Waals surface area contributed by atoms with Crippen LogP contribution in [0.15, 0.2) is 83.3 Å². The highest BCUT2D eigenvalue weighted by molar-refractivity contribution is 5.96. The van der Waals surface area contributed by atoms with Crippen molar-refractivity contribution in [2.24, 2.45) is 5.92 Å². The normalized spacial score (nSPS) is 12.5. The van der Waals surface area contributed by atoms with E-state index in [1.54, 1.807) is 12.1 Å². The van der Waals surface area contributed by atoms with Crippen LogP contribution in [0, 0.1) is 5.92 Å². The molecule has 1 aromatic heterocycles. The van der Waals surface area contributed by atoms with E-state index in [0.717, 1.165) is 36.2 Å². The Morgan fingerprint density at radius 1 is 0.865 bits per heavy atom. The van der Waals surface area contributed by atoms with E-state index in [1.807, 2.05) is 54.6 Å². The van der Waals surface area contributed by atoms with Gasteiger partial charge in [-0.2, -0.15) is 0 Å². The lowest BCUT2D eigenvalue weighted by molar-refractivity contribution is -0.138. The number of carbonyl (C=O) groups is 2. The third-order valence-electron chi connectivity index (χ3n) is 6.06. The zero-order valence-electron chi connectivity index (χ0n) is 20.8. The SMILES string of the molecule is CC(CCNc1ccc(C(=O)N[C@@H](C)C(=O)O)cc1)Cc1ccc(-c2nnc(-c3ccccc3)o2)cc1. The molecule has 0 fully saturated rings. The average Bonchev–Trinajstić information content (AvgIpc) is 3.40. The number of anilines is 1. The molecule has 0 saturated heterocycles. The second kappa shape index (κ2) is 12.0. The molecule has 0 spiro atoms. The third-order valence-corrected chi connectivity index (χ3v) is 6.06. The van der Waals surface area contributed by atoms with Gasteiger partial charge in [-0.05, 0) is 79.8 Å². The topological polar surface area (TPSA) is 117 Å². The molecular formula is C29H30N4O4. The summed E-state index contributed by atoms with van der Waals surface area (Å²) in [6, 6.07) is 24.0. The van der Waals surface area contributed by atoms with Crippen molar-refractivity contribution >= 4 is 17.6 Å². The van der Waals surface area contributed by atoms with Crippen LogP contribution in [0.4, 0.5) is 5.69 Å². The van der Waals surface area contributed by atoms with Gasteiger partial charge in [0, 0.05) is 28.9 Å². The maximum absolute atomic E-state index is 12.1. The number of nitrogens with one attached hydrogen (secondary N) is 2. The highest BCUT2D eigenvalue weighted by Gasteiger charge is 2.15. The predicted molar refractivity (Wildman–Crippen MR) is 142 cm³/mol. The van der Waals surface area contributed by atoms with E-state index in [-0.39, 0.29) is 0 Å². The Morgan fingerprint density at radius 3 is 2.11 bits per heavy atom. The van der Waals surface area contributed by atoms with E-state index in [2.05, 4.69) is 39.9 Å². The molecule has 1 unspecified atom stereocenters. The molecule has 1 amide bonds. The van der Waals surface area contributed by atoms with Crippen LogP contribution >= 0.6 is 0 Å². The van der Waals surface area contributed by atoms with Gasteiger partial charge in [-0.25, -0.2) is 0 Å². The van der Waals surface area contributed by atoms with Crippen molar-refractivity contribution in [3.05, 3.63) is 90.0 Å². The fourth-order valence-electron chi connectivity index (χ4n) is 3.87. The largest absolute Gasteiger partial charge is 0.480 e. The number of amides is 1. The van der Waals surface area contributed by atoms with Crippen molar-refractivity contribution in [1.29, 1.82) is 0 Å². The minimum absolute atomic E-state index is 0.406. The molecule has 37 heavy (non-hydrogen) atoms. The van der Waals surface area contributed by atoms with Crippen LogP contribution in [0.1, 0.15) is 36.2 Å². The van der Waals surface area contributed by atoms with Gasteiger partial charge in [0.15, 0.2) is 0 Å². The molecular weight excluding hydrogens is 468 g/mol. The van der Waals surface area contributed by atoms with Gasteiger partial charge in [-0.3, -0.25) is 9.59 Å². The van der Waals surface area contributed by atoms with Crippen molar-refractivity contribution in [3.63, 3.8) is 0 Å². The first-order valence-corrected chi connectivity index (χ1v) is 12.2. The molecule has 3 N–H and O–H groups in total. The van der Waals surface area contributed by atoms with Crippen molar-refractivity contribution in [2.75, 3.05) is 11.9 Å². The number of hydrogen-bond acceptors (Lipinski definition) is 6. The third kappa shape index (κ3) is 7.04. The molecule has 0 bridgehead atoms. The summed E-state index contributed by atoms with van der Waals surface area (Å²) < 4.78 is 5.84. The zero-order chi connectivity index (χ0) is 26.2. The number of carboxylic acids is 1. The van der Waals surface area contributed by atoms with Gasteiger partial charge in [-0.1, -0.05) is 37.3 Å². The molecule has 1 heterocycles. The van der Waals surface area contributed by atoms with Crippen molar-refractivity contribution in [1.82, 2.24) is 15.5 Å². The van der Waals surface area contributed by atoms with Gasteiger partial charge in [0.2, 0.25) is 11.8 Å². The fraction of sp³-hybridized carbons (Fsp3) is 0.241. The van der Waals surface area contributed by atoms with Gasteiger partial charge >= 0.3 is 5.97 Å². The molecule has 190 valence electrons. The first-order valence-electron chi connectivity index (χ1n) is 12.2. The molecule has 3 aromatic carbocycles. The van der Waals surface area contributed by atoms with E-state index in [9.17, 15) is 9.59 Å². The number of rotatable bonds is 11. The fourth-order valence-corrected chi connectivity index (χ4v) is 3.87. The summed E-state index contributed by atoms with van der Waals surface area (Å²) in [4.78, 5) is 23.0. The van der Waals surface area contributed by atoms with Gasteiger partial charge < -0.3 is 20.2 Å². The van der Waals surface area contributed by atoms with Crippen LogP contribution in [0.25, 0.3) is 22.9 Å². The number of nitrogens with zero attached hydrogens (tertiary/aromatic N) is 2. The molecule has 8 nitrogen and oxygen atoms in total. The van der Waals surface area contributed by atoms with Gasteiger partial charge in [-0.15, -0.1) is 10.2 Å². The number of hydrogen-bond donors (Lipinski definition) is 3. The highest BCUT2D eigenvalue weighted by atomic mass is 16.4. The summed E-state index contributed by atoms with van der Waals surface area (Å²) in [5, 5.41) is 23.1. The zero-order valence-corrected chi connectivity index (χ0v) is 20.8. The Balaban J connectivity index is 1.23. The quantitative estimate of drug-likeness (QED) is 0.257. The van der Waals surface area contributed by atoms with Crippen LogP contribution in [0.2, 0.25) is 0 Å². The minimum atomic E-state index is -1.07. The summed E-state index contributed by atoms with van der Waals surface area (Å²) in [6.07, 6.45) is 1.92. The van der Waals surface area contributed by atoms with Gasteiger partial charge in [0.1, 0.15) is 6.04 Å². The Labute approximate surface area is 215 Å². The van der Waals surface area contributed by atoms with E-state index in [1.165, 1.54) is 12.5 Å². The molecule has 8 heteroatoms. The highest BCUT2D eigenvalue weighted by Crippen LogP contribution is 2.24. The van der Waals surface area contributed by atoms with E-state index in [4.69, 9.17) is 9.52 Å². The number of aromatic nitrogens is 2. The molecule has 0 radical (unpaired) electrons. The Bertz CT molecular complexity index is 1320. The van der Waals surface area contributed by atoms with Gasteiger partial charge in [0.05, 0.1) is 0 Å². The molecule has 2 atom stereocenters. The minimum Gasteiger partial charge on any atom is -0.480 e. The van der Waals surface area contributed by atoms with E-state index in [0.29, 0.717) is 23.3 Å². The van der Waals surface area contributed by atoms with Crippen LogP contribution < -0.4 is 10.6 Å². The Morgan fingerprint density at radius 2 is 1.49 bits per heavy atom. The summed E-state index contributed by atoms with van der Waals surface area (Å²) in [5.74, 6) is 0.000748. The van der Waals surface area contributed by atoms with Crippen LogP contribution in [-0.4, -0.2) is 39.8 Å². The lowest BCUT2D eigenvalue weighted by atomic mass is 9.97. The Hall–Kier alpha value is -4.46. The predicted octanol–water partition coefficient (Wildman–Crippen LogP) is 5.29. The van der Waals surface area contributed by atoms with Crippen molar-refractivity contribution in [2.45, 2.75) is 32.7 Å². The maximum Gasteiger partial charge on any atom is 0.325 e. The lowest BCUT2D eigenvalue weighted by Gasteiger charge is -2.14. The first-order chi connectivity index (χ1) is 17.9. The maximum atomic E-state index is 12.1. The standard InChI is InChI=1S/C29H30N4O4/c1-19(16-17-30-25-14-12-22(13-15-25)26(34)31-20(2)29(35)36)18-21-8-10-24(11-9-21)28-33-32-27(37-28)23-6-4-3-5-7-23/h3-15,19-20,30H,16-18H2,1-2H3,(H,31,34)(H,35,36)/t19?,20-/m0/s1. The van der Waals surface area contributed by atoms with Crippen LogP contribution in [0.5, 0.6) is 0 Å². The molecule has 0 saturated carbocycles. The van der Waals surface area contributed by atoms with E-state index < -0.39 is 17.9 Å². The number of carboxylic acid groups (broad SMARTS) is 1. The molecule has 0 aliphatic carbocycles. The average molecular weight is 499 g/mol. The van der Waals surface area contributed by atoms with Crippen LogP contribution in [-0.2, 0) is 11.2 Å². The summed E-state index contributed by atoms with van der Waals surface area (Å²) >= 11 is 0. The monoisotopic (exact) mass is 498 g/mol. The molecule has 4 aromatic rings. The molecule has 4 rings (SSSR count). The molecule has 0 aliphatic rings. The van der Waals surface area contributed by atoms with Crippen LogP contribution in [0.3, 0.4) is 0 Å². The second-order valence-corrected chi connectivity index (χ2v) is 9.11. The van der Waals surface area contributed by atoms with Crippen molar-refractivity contribution < 1.29 is 19.1 Å². The first kappa shape index (κ1) is 25.6. The number of carbonyl (C=O) groups excluding carboxylic acids is 1. The lowest BCUT2D eigenvalue weighted by Crippen LogP contribution is -2.38. The van der Waals surface area contributed by atoms with Gasteiger partial charge in [0.25, 0.3) is 5.91 Å². The summed E-state index contributed by atoms with van der Waals surface area (Å²) in [7, 11) is 0. The summed E-state index contributed by atoms with van der Waals surface area (Å²) in [6.45, 7) is 4.45. The van der Waals surface area contributed by atoms with E-state index >= 15 is 0 Å². The number of aliphatic carboxylic acids is 1. The molecule has 0 aliphatic heterocycles.